The molecule has 0 unspecified atom stereocenters. The van der Waals surface area contributed by atoms with Gasteiger partial charge in [-0.2, -0.15) is 0 Å². The van der Waals surface area contributed by atoms with Gasteiger partial charge in [0.05, 0.1) is 4.90 Å². The molecule has 1 aliphatic rings. The summed E-state index contributed by atoms with van der Waals surface area (Å²) in [5.74, 6) is -0.679. The van der Waals surface area contributed by atoms with Crippen LogP contribution in [0.15, 0.2) is 53.4 Å². The van der Waals surface area contributed by atoms with Gasteiger partial charge < -0.3 is 4.90 Å². The topological polar surface area (TPSA) is 66.5 Å². The van der Waals surface area contributed by atoms with Crippen LogP contribution < -0.4 is 9.62 Å². The lowest BCUT2D eigenvalue weighted by Crippen LogP contribution is -2.37. The molecule has 24 heavy (non-hydrogen) atoms. The predicted octanol–water partition coefficient (Wildman–Crippen LogP) is 2.22. The van der Waals surface area contributed by atoms with Crippen LogP contribution in [0.5, 0.6) is 0 Å². The SMILES string of the molecule is Cc1ccc(S(=O)(=O)N[C@@H]2CC(=O)N(c3cccc(F)c3)C2)cc1. The number of hydrogen-bond acceptors (Lipinski definition) is 3. The third-order valence-electron chi connectivity index (χ3n) is 3.90. The standard InChI is InChI=1S/C17H17FN2O3S/c1-12-5-7-16(8-6-12)24(22,23)19-14-10-17(21)20(11-14)15-4-2-3-13(18)9-15/h2-9,14,19H,10-11H2,1H3/t14-/m1/s1. The van der Waals surface area contributed by atoms with E-state index in [2.05, 4.69) is 4.72 Å². The van der Waals surface area contributed by atoms with Gasteiger partial charge in [0, 0.05) is 24.7 Å². The van der Waals surface area contributed by atoms with Gasteiger partial charge in [-0.25, -0.2) is 17.5 Å². The summed E-state index contributed by atoms with van der Waals surface area (Å²) in [7, 11) is -3.70. The summed E-state index contributed by atoms with van der Waals surface area (Å²) in [5, 5.41) is 0. The van der Waals surface area contributed by atoms with E-state index in [-0.39, 0.29) is 23.8 Å². The minimum absolute atomic E-state index is 0.0433. The van der Waals surface area contributed by atoms with Crippen molar-refractivity contribution >= 4 is 21.6 Å². The first kappa shape index (κ1) is 16.6. The molecule has 0 spiro atoms. The molecule has 1 aliphatic heterocycles. The van der Waals surface area contributed by atoms with Crippen LogP contribution in [-0.2, 0) is 14.8 Å². The summed E-state index contributed by atoms with van der Waals surface area (Å²) >= 11 is 0. The normalized spacial score (nSPS) is 18.2. The summed E-state index contributed by atoms with van der Waals surface area (Å²) in [5.41, 5.74) is 1.39. The Morgan fingerprint density at radius 1 is 1.17 bits per heavy atom. The van der Waals surface area contributed by atoms with E-state index in [0.29, 0.717) is 5.69 Å². The van der Waals surface area contributed by atoms with E-state index in [4.69, 9.17) is 0 Å². The van der Waals surface area contributed by atoms with Crippen LogP contribution in [0.3, 0.4) is 0 Å². The molecule has 0 saturated carbocycles. The minimum atomic E-state index is -3.70. The van der Waals surface area contributed by atoms with Crippen molar-refractivity contribution < 1.29 is 17.6 Å². The first-order valence-electron chi connectivity index (χ1n) is 7.50. The maximum Gasteiger partial charge on any atom is 0.240 e. The Morgan fingerprint density at radius 3 is 2.54 bits per heavy atom. The summed E-state index contributed by atoms with van der Waals surface area (Å²) in [6, 6.07) is 11.6. The Kier molecular flexibility index (Phi) is 4.38. The molecular formula is C17H17FN2O3S. The summed E-state index contributed by atoms with van der Waals surface area (Å²) < 4.78 is 40.7. The maximum absolute atomic E-state index is 13.3. The number of nitrogens with zero attached hydrogens (tertiary/aromatic N) is 1. The number of anilines is 1. The maximum atomic E-state index is 13.3. The molecule has 1 fully saturated rings. The van der Waals surface area contributed by atoms with Crippen LogP contribution in [-0.4, -0.2) is 26.9 Å². The molecule has 1 amide bonds. The van der Waals surface area contributed by atoms with Crippen LogP contribution in [0, 0.1) is 12.7 Å². The van der Waals surface area contributed by atoms with Crippen LogP contribution in [0.1, 0.15) is 12.0 Å². The zero-order chi connectivity index (χ0) is 17.3. The highest BCUT2D eigenvalue weighted by molar-refractivity contribution is 7.89. The number of rotatable bonds is 4. The number of sulfonamides is 1. The fourth-order valence-electron chi connectivity index (χ4n) is 2.68. The number of aryl methyl sites for hydroxylation is 1. The van der Waals surface area contributed by atoms with Crippen molar-refractivity contribution in [2.75, 3.05) is 11.4 Å². The Morgan fingerprint density at radius 2 is 1.88 bits per heavy atom. The monoisotopic (exact) mass is 348 g/mol. The van der Waals surface area contributed by atoms with E-state index in [1.54, 1.807) is 18.2 Å². The van der Waals surface area contributed by atoms with E-state index >= 15 is 0 Å². The van der Waals surface area contributed by atoms with E-state index in [9.17, 15) is 17.6 Å². The lowest BCUT2D eigenvalue weighted by Gasteiger charge is -2.17. The minimum Gasteiger partial charge on any atom is -0.311 e. The largest absolute Gasteiger partial charge is 0.311 e. The van der Waals surface area contributed by atoms with Crippen molar-refractivity contribution in [2.24, 2.45) is 0 Å². The molecule has 2 aromatic carbocycles. The van der Waals surface area contributed by atoms with E-state index in [1.807, 2.05) is 6.92 Å². The number of amides is 1. The number of hydrogen-bond donors (Lipinski definition) is 1. The smallest absolute Gasteiger partial charge is 0.240 e. The van der Waals surface area contributed by atoms with Gasteiger partial charge in [0.15, 0.2) is 0 Å². The number of benzene rings is 2. The van der Waals surface area contributed by atoms with Crippen molar-refractivity contribution in [3.63, 3.8) is 0 Å². The molecule has 5 nitrogen and oxygen atoms in total. The molecule has 0 bridgehead atoms. The van der Waals surface area contributed by atoms with Gasteiger partial charge in [-0.05, 0) is 37.3 Å². The van der Waals surface area contributed by atoms with E-state index in [1.165, 1.54) is 35.2 Å². The molecule has 1 N–H and O–H groups in total. The molecule has 1 atom stereocenters. The highest BCUT2D eigenvalue weighted by atomic mass is 32.2. The Balaban J connectivity index is 1.75. The van der Waals surface area contributed by atoms with Crippen molar-refractivity contribution in [2.45, 2.75) is 24.3 Å². The zero-order valence-corrected chi connectivity index (χ0v) is 13.9. The zero-order valence-electron chi connectivity index (χ0n) is 13.1. The average Bonchev–Trinajstić information content (AvgIpc) is 2.87. The molecule has 0 aromatic heterocycles. The second-order valence-corrected chi connectivity index (χ2v) is 7.53. The van der Waals surface area contributed by atoms with Gasteiger partial charge >= 0.3 is 0 Å². The number of carbonyl (C=O) groups is 1. The lowest BCUT2D eigenvalue weighted by atomic mass is 10.2. The van der Waals surface area contributed by atoms with Crippen LogP contribution in [0.4, 0.5) is 10.1 Å². The third-order valence-corrected chi connectivity index (χ3v) is 5.43. The second kappa shape index (κ2) is 6.33. The van der Waals surface area contributed by atoms with Crippen molar-refractivity contribution in [1.82, 2.24) is 4.72 Å². The molecule has 3 rings (SSSR count). The summed E-state index contributed by atoms with van der Waals surface area (Å²) in [4.78, 5) is 13.7. The molecule has 0 radical (unpaired) electrons. The first-order valence-corrected chi connectivity index (χ1v) is 8.98. The van der Waals surface area contributed by atoms with Crippen molar-refractivity contribution in [3.05, 3.63) is 59.9 Å². The molecule has 1 saturated heterocycles. The predicted molar refractivity (Wildman–Crippen MR) is 88.7 cm³/mol. The fourth-order valence-corrected chi connectivity index (χ4v) is 3.91. The van der Waals surface area contributed by atoms with Gasteiger partial charge in [0.1, 0.15) is 5.82 Å². The molecule has 126 valence electrons. The van der Waals surface area contributed by atoms with Gasteiger partial charge in [0.2, 0.25) is 15.9 Å². The Labute approximate surface area is 140 Å². The second-order valence-electron chi connectivity index (χ2n) is 5.82. The third kappa shape index (κ3) is 3.47. The number of nitrogens with one attached hydrogen (secondary N) is 1. The molecular weight excluding hydrogens is 331 g/mol. The van der Waals surface area contributed by atoms with Crippen molar-refractivity contribution in [3.8, 4) is 0 Å². The van der Waals surface area contributed by atoms with Crippen LogP contribution in [0.25, 0.3) is 0 Å². The number of halogens is 1. The highest BCUT2D eigenvalue weighted by Crippen LogP contribution is 2.23. The fraction of sp³-hybridized carbons (Fsp3) is 0.235. The van der Waals surface area contributed by atoms with Gasteiger partial charge in [-0.3, -0.25) is 4.79 Å². The van der Waals surface area contributed by atoms with Crippen LogP contribution >= 0.6 is 0 Å². The van der Waals surface area contributed by atoms with Gasteiger partial charge in [-0.15, -0.1) is 0 Å². The van der Waals surface area contributed by atoms with E-state index in [0.717, 1.165) is 5.56 Å². The highest BCUT2D eigenvalue weighted by Gasteiger charge is 2.33. The summed E-state index contributed by atoms with van der Waals surface area (Å²) in [6.07, 6.45) is 0.0433. The summed E-state index contributed by atoms with van der Waals surface area (Å²) in [6.45, 7) is 2.05. The van der Waals surface area contributed by atoms with Gasteiger partial charge in [-0.1, -0.05) is 23.8 Å². The quantitative estimate of drug-likeness (QED) is 0.921. The molecule has 7 heteroatoms. The van der Waals surface area contributed by atoms with Crippen molar-refractivity contribution in [1.29, 1.82) is 0 Å². The lowest BCUT2D eigenvalue weighted by molar-refractivity contribution is -0.117. The molecule has 1 heterocycles. The Hall–Kier alpha value is -2.25. The average molecular weight is 348 g/mol. The first-order chi connectivity index (χ1) is 11.3. The van der Waals surface area contributed by atoms with Crippen LogP contribution in [0.2, 0.25) is 0 Å². The molecule has 0 aliphatic carbocycles. The molecule has 2 aromatic rings. The Bertz CT molecular complexity index is 866. The van der Waals surface area contributed by atoms with Gasteiger partial charge in [0.25, 0.3) is 0 Å². The van der Waals surface area contributed by atoms with E-state index < -0.39 is 21.9 Å². The number of carbonyl (C=O) groups excluding carboxylic acids is 1.